The van der Waals surface area contributed by atoms with Gasteiger partial charge in [0.1, 0.15) is 11.5 Å². The van der Waals surface area contributed by atoms with Crippen molar-refractivity contribution in [2.45, 2.75) is 45.8 Å². The van der Waals surface area contributed by atoms with Gasteiger partial charge >= 0.3 is 0 Å². The molecule has 0 saturated heterocycles. The van der Waals surface area contributed by atoms with Gasteiger partial charge in [-0.15, -0.1) is 0 Å². The minimum absolute atomic E-state index is 0.248. The molecule has 30 heavy (non-hydrogen) atoms. The average Bonchev–Trinajstić information content (AvgIpc) is 2.72. The van der Waals surface area contributed by atoms with E-state index in [0.29, 0.717) is 22.4 Å². The summed E-state index contributed by atoms with van der Waals surface area (Å²) in [5, 5.41) is 6.08. The summed E-state index contributed by atoms with van der Waals surface area (Å²) in [5.41, 5.74) is 1.21. The number of nitrogens with one attached hydrogen (secondary N) is 2. The number of ether oxygens (including phenoxy) is 2. The maximum absolute atomic E-state index is 12.2. The molecule has 2 amide bonds. The molecule has 2 unspecified atom stereocenters. The average molecular weight is 433 g/mol. The van der Waals surface area contributed by atoms with Crippen LogP contribution in [-0.2, 0) is 9.59 Å². The Bertz CT molecular complexity index is 822. The number of hydrogen-bond donors (Lipinski definition) is 2. The number of rotatable bonds is 10. The molecule has 0 aliphatic heterocycles. The largest absolute Gasteiger partial charge is 0.481 e. The molecule has 0 saturated carbocycles. The predicted molar refractivity (Wildman–Crippen MR) is 118 cm³/mol. The second kappa shape index (κ2) is 11.5. The topological polar surface area (TPSA) is 76.7 Å². The SMILES string of the molecule is CC(Oc1ccc(Cl)cc1)C(=O)NCCNC(=O)C(C)Oc1ccc(C(C)C)cc1. The van der Waals surface area contributed by atoms with Gasteiger partial charge in [0, 0.05) is 18.1 Å². The van der Waals surface area contributed by atoms with Crippen molar-refractivity contribution in [1.29, 1.82) is 0 Å². The Morgan fingerprint density at radius 3 is 1.57 bits per heavy atom. The highest BCUT2D eigenvalue weighted by Gasteiger charge is 2.16. The van der Waals surface area contributed by atoms with E-state index in [1.165, 1.54) is 5.56 Å². The molecule has 0 bridgehead atoms. The molecule has 2 aromatic rings. The quantitative estimate of drug-likeness (QED) is 0.558. The minimum atomic E-state index is -0.669. The lowest BCUT2D eigenvalue weighted by atomic mass is 10.0. The van der Waals surface area contributed by atoms with Crippen LogP contribution in [0, 0.1) is 0 Å². The zero-order valence-electron chi connectivity index (χ0n) is 17.8. The van der Waals surface area contributed by atoms with Crippen molar-refractivity contribution >= 4 is 23.4 Å². The molecule has 0 heterocycles. The molecule has 2 rings (SSSR count). The highest BCUT2D eigenvalue weighted by Crippen LogP contribution is 2.19. The van der Waals surface area contributed by atoms with E-state index in [1.54, 1.807) is 38.1 Å². The first kappa shape index (κ1) is 23.5. The van der Waals surface area contributed by atoms with E-state index >= 15 is 0 Å². The van der Waals surface area contributed by atoms with E-state index in [0.717, 1.165) is 0 Å². The Balaban J connectivity index is 1.67. The minimum Gasteiger partial charge on any atom is -0.481 e. The van der Waals surface area contributed by atoms with E-state index in [9.17, 15) is 9.59 Å². The van der Waals surface area contributed by atoms with Gasteiger partial charge in [-0.2, -0.15) is 0 Å². The number of carbonyl (C=O) groups excluding carboxylic acids is 2. The molecule has 0 aromatic heterocycles. The van der Waals surface area contributed by atoms with Crippen molar-refractivity contribution in [3.63, 3.8) is 0 Å². The maximum atomic E-state index is 12.2. The third kappa shape index (κ3) is 7.59. The molecule has 2 atom stereocenters. The molecule has 0 aliphatic rings. The normalized spacial score (nSPS) is 12.7. The van der Waals surface area contributed by atoms with Gasteiger partial charge in [-0.25, -0.2) is 0 Å². The van der Waals surface area contributed by atoms with Crippen LogP contribution in [0.15, 0.2) is 48.5 Å². The van der Waals surface area contributed by atoms with Gasteiger partial charge in [-0.1, -0.05) is 37.6 Å². The summed E-state index contributed by atoms with van der Waals surface area (Å²) in [4.78, 5) is 24.3. The van der Waals surface area contributed by atoms with E-state index in [-0.39, 0.29) is 24.9 Å². The molecule has 6 nitrogen and oxygen atoms in total. The molecule has 0 aliphatic carbocycles. The molecular formula is C23H29ClN2O4. The zero-order chi connectivity index (χ0) is 22.1. The van der Waals surface area contributed by atoms with Crippen LogP contribution in [0.5, 0.6) is 11.5 Å². The third-order valence-corrected chi connectivity index (χ3v) is 4.70. The molecular weight excluding hydrogens is 404 g/mol. The smallest absolute Gasteiger partial charge is 0.260 e. The Labute approximate surface area is 182 Å². The summed E-state index contributed by atoms with van der Waals surface area (Å²) in [6.07, 6.45) is -1.31. The monoisotopic (exact) mass is 432 g/mol. The summed E-state index contributed by atoms with van der Waals surface area (Å²) in [5.74, 6) is 1.12. The molecule has 0 spiro atoms. The Morgan fingerprint density at radius 1 is 0.767 bits per heavy atom. The first-order valence-corrected chi connectivity index (χ1v) is 10.4. The van der Waals surface area contributed by atoms with E-state index < -0.39 is 12.2 Å². The second-order valence-electron chi connectivity index (χ2n) is 7.28. The fraction of sp³-hybridized carbons (Fsp3) is 0.391. The van der Waals surface area contributed by atoms with Crippen molar-refractivity contribution in [2.75, 3.05) is 13.1 Å². The molecule has 7 heteroatoms. The van der Waals surface area contributed by atoms with Crippen LogP contribution in [0.4, 0.5) is 0 Å². The summed E-state index contributed by atoms with van der Waals surface area (Å²) >= 11 is 5.83. The van der Waals surface area contributed by atoms with Gasteiger partial charge in [0.25, 0.3) is 11.8 Å². The van der Waals surface area contributed by atoms with Crippen molar-refractivity contribution in [3.05, 3.63) is 59.1 Å². The standard InChI is InChI=1S/C23H29ClN2O4/c1-15(2)18-5-9-20(10-6-18)29-16(3)22(27)25-13-14-26-23(28)17(4)30-21-11-7-19(24)8-12-21/h5-12,15-17H,13-14H2,1-4H3,(H,25,27)(H,26,28). The number of benzene rings is 2. The Morgan fingerprint density at radius 2 is 1.17 bits per heavy atom. The summed E-state index contributed by atoms with van der Waals surface area (Å²) in [6, 6.07) is 14.5. The van der Waals surface area contributed by atoms with Crippen molar-refractivity contribution in [2.24, 2.45) is 0 Å². The fourth-order valence-corrected chi connectivity index (χ4v) is 2.74. The highest BCUT2D eigenvalue weighted by atomic mass is 35.5. The summed E-state index contributed by atoms with van der Waals surface area (Å²) in [7, 11) is 0. The van der Waals surface area contributed by atoms with Gasteiger partial charge in [-0.05, 0) is 61.7 Å². The van der Waals surface area contributed by atoms with Crippen LogP contribution in [0.3, 0.4) is 0 Å². The van der Waals surface area contributed by atoms with Crippen LogP contribution in [-0.4, -0.2) is 37.1 Å². The molecule has 0 fully saturated rings. The summed E-state index contributed by atoms with van der Waals surface area (Å²) < 4.78 is 11.2. The van der Waals surface area contributed by atoms with E-state index in [1.807, 2.05) is 24.3 Å². The van der Waals surface area contributed by atoms with Crippen molar-refractivity contribution in [1.82, 2.24) is 10.6 Å². The van der Waals surface area contributed by atoms with Crippen molar-refractivity contribution < 1.29 is 19.1 Å². The first-order valence-electron chi connectivity index (χ1n) is 10.0. The number of amides is 2. The first-order chi connectivity index (χ1) is 14.3. The van der Waals surface area contributed by atoms with Crippen LogP contribution < -0.4 is 20.1 Å². The Hall–Kier alpha value is -2.73. The number of hydrogen-bond acceptors (Lipinski definition) is 4. The molecule has 162 valence electrons. The molecule has 2 aromatic carbocycles. The number of halogens is 1. The van der Waals surface area contributed by atoms with Gasteiger partial charge in [-0.3, -0.25) is 9.59 Å². The van der Waals surface area contributed by atoms with Gasteiger partial charge in [0.15, 0.2) is 12.2 Å². The van der Waals surface area contributed by atoms with Crippen LogP contribution in [0.1, 0.15) is 39.2 Å². The zero-order valence-corrected chi connectivity index (χ0v) is 18.5. The van der Waals surface area contributed by atoms with Crippen LogP contribution in [0.2, 0.25) is 5.02 Å². The van der Waals surface area contributed by atoms with Gasteiger partial charge in [0.2, 0.25) is 0 Å². The Kier molecular flexibility index (Phi) is 8.99. The third-order valence-electron chi connectivity index (χ3n) is 4.45. The maximum Gasteiger partial charge on any atom is 0.260 e. The fourth-order valence-electron chi connectivity index (χ4n) is 2.62. The number of carbonyl (C=O) groups is 2. The lowest BCUT2D eigenvalue weighted by molar-refractivity contribution is -0.129. The van der Waals surface area contributed by atoms with Crippen LogP contribution >= 0.6 is 11.6 Å². The molecule has 2 N–H and O–H groups in total. The molecule has 0 radical (unpaired) electrons. The van der Waals surface area contributed by atoms with Crippen molar-refractivity contribution in [3.8, 4) is 11.5 Å². The summed E-state index contributed by atoms with van der Waals surface area (Å²) in [6.45, 7) is 8.16. The van der Waals surface area contributed by atoms with Crippen LogP contribution in [0.25, 0.3) is 0 Å². The predicted octanol–water partition coefficient (Wildman–Crippen LogP) is 3.93. The second-order valence-corrected chi connectivity index (χ2v) is 7.72. The van der Waals surface area contributed by atoms with E-state index in [2.05, 4.69) is 24.5 Å². The van der Waals surface area contributed by atoms with Gasteiger partial charge in [0.05, 0.1) is 0 Å². The highest BCUT2D eigenvalue weighted by molar-refractivity contribution is 6.30. The lowest BCUT2D eigenvalue weighted by Crippen LogP contribution is -2.43. The van der Waals surface area contributed by atoms with E-state index in [4.69, 9.17) is 21.1 Å². The van der Waals surface area contributed by atoms with Gasteiger partial charge < -0.3 is 20.1 Å². The lowest BCUT2D eigenvalue weighted by Gasteiger charge is -2.17.